The van der Waals surface area contributed by atoms with Crippen LogP contribution in [0.2, 0.25) is 0 Å². The molecule has 0 N–H and O–H groups in total. The maximum absolute atomic E-state index is 5.58. The van der Waals surface area contributed by atoms with Gasteiger partial charge in [-0.3, -0.25) is 4.99 Å². The van der Waals surface area contributed by atoms with E-state index in [-0.39, 0.29) is 5.92 Å². The monoisotopic (exact) mass is 153 g/mol. The Morgan fingerprint density at radius 3 is 3.30 bits per heavy atom. The molecule has 0 aromatic carbocycles. The fourth-order valence-electron chi connectivity index (χ4n) is 0.614. The Balaban J connectivity index is 2.73. The van der Waals surface area contributed by atoms with Gasteiger partial charge in [0.25, 0.3) is 0 Å². The average Bonchev–Trinajstić information content (AvgIpc) is 2.14. The molecule has 0 aliphatic carbocycles. The minimum atomic E-state index is 0.121. The van der Waals surface area contributed by atoms with Gasteiger partial charge in [0.15, 0.2) is 0 Å². The first-order valence-corrected chi connectivity index (χ1v) is 3.64. The number of allylic oxidation sites excluding steroid dienone is 2. The van der Waals surface area contributed by atoms with Crippen LogP contribution in [0.1, 0.15) is 6.92 Å². The van der Waals surface area contributed by atoms with Crippen LogP contribution in [0.15, 0.2) is 16.8 Å². The van der Waals surface area contributed by atoms with E-state index >= 15 is 0 Å². The van der Waals surface area contributed by atoms with E-state index in [1.54, 1.807) is 12.3 Å². The highest BCUT2D eigenvalue weighted by atomic mass is 35.5. The van der Waals surface area contributed by atoms with E-state index in [1.165, 1.54) is 0 Å². The molecule has 1 heterocycles. The van der Waals surface area contributed by atoms with Crippen LogP contribution >= 0.6 is 11.6 Å². The van der Waals surface area contributed by atoms with Crippen LogP contribution in [0.4, 0.5) is 0 Å². The molecule has 0 aromatic heterocycles. The quantitative estimate of drug-likeness (QED) is 0.403. The lowest BCUT2D eigenvalue weighted by molar-refractivity contribution is 1.08. The van der Waals surface area contributed by atoms with Gasteiger partial charge < -0.3 is 0 Å². The van der Waals surface area contributed by atoms with Crippen LogP contribution < -0.4 is 0 Å². The summed E-state index contributed by atoms with van der Waals surface area (Å²) in [5.41, 5.74) is 0.945. The Labute approximate surface area is 65.8 Å². The third-order valence-corrected chi connectivity index (χ3v) is 1.51. The molecule has 0 amide bonds. The molecule has 0 radical (unpaired) electrons. The summed E-state index contributed by atoms with van der Waals surface area (Å²) in [6.45, 7) is 1.92. The number of hydrogen-bond acceptors (Lipinski definition) is 1. The van der Waals surface area contributed by atoms with E-state index < -0.39 is 0 Å². The molecule has 0 spiro atoms. The first-order chi connectivity index (χ1) is 4.83. The number of hydrogen-bond donors (Lipinski definition) is 0. The Hall–Kier alpha value is -0.740. The highest BCUT2D eigenvalue weighted by molar-refractivity contribution is 6.19. The Bertz CT molecular complexity index is 229. The van der Waals surface area contributed by atoms with E-state index in [9.17, 15) is 0 Å². The minimum Gasteiger partial charge on any atom is -0.264 e. The van der Waals surface area contributed by atoms with Gasteiger partial charge in [-0.05, 0) is 6.92 Å². The van der Waals surface area contributed by atoms with Crippen molar-refractivity contribution in [1.29, 1.82) is 0 Å². The van der Waals surface area contributed by atoms with Crippen LogP contribution in [-0.4, -0.2) is 12.1 Å². The van der Waals surface area contributed by atoms with Crippen LogP contribution in [-0.2, 0) is 0 Å². The molecule has 52 valence electrons. The zero-order valence-corrected chi connectivity index (χ0v) is 6.52. The van der Waals surface area contributed by atoms with Gasteiger partial charge in [0.05, 0.1) is 5.92 Å². The lowest BCUT2D eigenvalue weighted by atomic mass is 10.2. The second kappa shape index (κ2) is 3.43. The fraction of sp³-hybridized carbons (Fsp3) is 0.375. The number of alkyl halides is 1. The van der Waals surface area contributed by atoms with Gasteiger partial charge in [0.1, 0.15) is 0 Å². The smallest absolute Gasteiger partial charge is 0.0694 e. The van der Waals surface area contributed by atoms with Gasteiger partial charge in [0.2, 0.25) is 0 Å². The molecule has 2 heteroatoms. The normalized spacial score (nSPS) is 22.6. The largest absolute Gasteiger partial charge is 0.264 e. The van der Waals surface area contributed by atoms with Crippen molar-refractivity contribution >= 4 is 17.8 Å². The second-order valence-corrected chi connectivity index (χ2v) is 2.42. The van der Waals surface area contributed by atoms with E-state index in [1.807, 2.05) is 6.92 Å². The van der Waals surface area contributed by atoms with Crippen molar-refractivity contribution in [1.82, 2.24) is 0 Å². The number of rotatable bonds is 1. The maximum Gasteiger partial charge on any atom is 0.0694 e. The van der Waals surface area contributed by atoms with Crippen LogP contribution in [0.5, 0.6) is 0 Å². The maximum atomic E-state index is 5.58. The zero-order valence-electron chi connectivity index (χ0n) is 5.76. The predicted molar refractivity (Wildman–Crippen MR) is 44.2 cm³/mol. The summed E-state index contributed by atoms with van der Waals surface area (Å²) in [6.07, 6.45) is 3.59. The van der Waals surface area contributed by atoms with Gasteiger partial charge in [0, 0.05) is 23.9 Å². The molecule has 1 aliphatic heterocycles. The van der Waals surface area contributed by atoms with Crippen LogP contribution in [0.3, 0.4) is 0 Å². The molecule has 1 rings (SSSR count). The molecular formula is C8H8ClN. The van der Waals surface area contributed by atoms with Gasteiger partial charge >= 0.3 is 0 Å². The lowest BCUT2D eigenvalue weighted by Crippen LogP contribution is -1.98. The molecule has 0 saturated carbocycles. The van der Waals surface area contributed by atoms with Gasteiger partial charge in [-0.15, -0.1) is 11.6 Å². The third kappa shape index (κ3) is 1.89. The van der Waals surface area contributed by atoms with Crippen molar-refractivity contribution in [2.75, 3.05) is 5.88 Å². The summed E-state index contributed by atoms with van der Waals surface area (Å²) in [5.74, 6) is 6.48. The Kier molecular flexibility index (Phi) is 2.53. The predicted octanol–water partition coefficient (Wildman–Crippen LogP) is 1.83. The highest BCUT2D eigenvalue weighted by Crippen LogP contribution is 2.01. The lowest BCUT2D eigenvalue weighted by Gasteiger charge is -1.93. The summed E-state index contributed by atoms with van der Waals surface area (Å²) in [7, 11) is 0. The molecule has 0 bridgehead atoms. The molecule has 1 aliphatic rings. The van der Waals surface area contributed by atoms with E-state index in [2.05, 4.69) is 16.8 Å². The molecule has 1 atom stereocenters. The summed E-state index contributed by atoms with van der Waals surface area (Å²) in [4.78, 5) is 4.10. The van der Waals surface area contributed by atoms with E-state index in [0.29, 0.717) is 5.88 Å². The van der Waals surface area contributed by atoms with Gasteiger partial charge in [-0.25, -0.2) is 0 Å². The first kappa shape index (κ1) is 7.37. The standard InChI is InChI=1S/C8H8ClN/c1-7-3-2-4-8(5-9)6-10-7/h3,6,8H,5H2,1H3. The zero-order chi connectivity index (χ0) is 7.40. The second-order valence-electron chi connectivity index (χ2n) is 2.11. The first-order valence-electron chi connectivity index (χ1n) is 3.11. The van der Waals surface area contributed by atoms with Crippen molar-refractivity contribution < 1.29 is 0 Å². The van der Waals surface area contributed by atoms with Crippen LogP contribution in [0, 0.1) is 17.8 Å². The summed E-state index contributed by atoms with van der Waals surface area (Å²) in [5, 5.41) is 0. The minimum absolute atomic E-state index is 0.121. The van der Waals surface area contributed by atoms with Crippen molar-refractivity contribution in [3.05, 3.63) is 11.8 Å². The molecule has 0 saturated heterocycles. The van der Waals surface area contributed by atoms with Gasteiger partial charge in [-0.1, -0.05) is 11.8 Å². The van der Waals surface area contributed by atoms with Crippen molar-refractivity contribution in [3.8, 4) is 11.8 Å². The average molecular weight is 154 g/mol. The number of halogens is 1. The Morgan fingerprint density at radius 1 is 1.80 bits per heavy atom. The van der Waals surface area contributed by atoms with E-state index in [0.717, 1.165) is 5.70 Å². The van der Waals surface area contributed by atoms with Gasteiger partial charge in [-0.2, -0.15) is 0 Å². The Morgan fingerprint density at radius 2 is 2.60 bits per heavy atom. The summed E-state index contributed by atoms with van der Waals surface area (Å²) < 4.78 is 0. The number of nitrogens with zero attached hydrogens (tertiary/aromatic N) is 1. The number of aliphatic imine (C=N–C) groups is 1. The topological polar surface area (TPSA) is 12.4 Å². The van der Waals surface area contributed by atoms with Crippen LogP contribution in [0.25, 0.3) is 0 Å². The molecule has 1 nitrogen and oxygen atoms in total. The molecule has 1 unspecified atom stereocenters. The van der Waals surface area contributed by atoms with Crippen molar-refractivity contribution in [2.24, 2.45) is 10.9 Å². The fourth-order valence-corrected chi connectivity index (χ4v) is 0.770. The molecule has 0 fully saturated rings. The van der Waals surface area contributed by atoms with Crippen molar-refractivity contribution in [3.63, 3.8) is 0 Å². The molecular weight excluding hydrogens is 146 g/mol. The molecule has 10 heavy (non-hydrogen) atoms. The van der Waals surface area contributed by atoms with Crippen molar-refractivity contribution in [2.45, 2.75) is 6.92 Å². The summed E-state index contributed by atoms with van der Waals surface area (Å²) >= 11 is 5.58. The summed E-state index contributed by atoms with van der Waals surface area (Å²) in [6, 6.07) is 0. The third-order valence-electron chi connectivity index (χ3n) is 1.17. The highest BCUT2D eigenvalue weighted by Gasteiger charge is 1.98. The van der Waals surface area contributed by atoms with E-state index in [4.69, 9.17) is 11.6 Å². The SMILES string of the molecule is CC1=CC#CC(CCl)C=N1. The molecule has 0 aromatic rings.